The van der Waals surface area contributed by atoms with Crippen molar-refractivity contribution in [1.82, 2.24) is 0 Å². The molecule has 1 N–H and O–H groups in total. The summed E-state index contributed by atoms with van der Waals surface area (Å²) in [5.74, 6) is 0. The van der Waals surface area contributed by atoms with Gasteiger partial charge in [0, 0.05) is 12.0 Å². The molecule has 52 valence electrons. The first-order valence-corrected chi connectivity index (χ1v) is 2.49. The number of aliphatic hydroxyl groups excluding tert-OH is 1. The van der Waals surface area contributed by atoms with Gasteiger partial charge < -0.3 is 9.84 Å². The third kappa shape index (κ3) is 3.78. The van der Waals surface area contributed by atoms with Crippen LogP contribution in [-0.4, -0.2) is 31.5 Å². The monoisotopic (exact) mass is 131 g/mol. The molecule has 0 aromatic heterocycles. The van der Waals surface area contributed by atoms with Gasteiger partial charge in [0.05, 0.1) is 19.3 Å². The van der Waals surface area contributed by atoms with Gasteiger partial charge in [0.1, 0.15) is 0 Å². The van der Waals surface area contributed by atoms with E-state index in [4.69, 9.17) is 10.6 Å². The average Bonchev–Trinajstić information content (AvgIpc) is 1.91. The van der Waals surface area contributed by atoms with Gasteiger partial charge in [-0.1, -0.05) is 5.11 Å². The highest BCUT2D eigenvalue weighted by Crippen LogP contribution is 1.88. The summed E-state index contributed by atoms with van der Waals surface area (Å²) < 4.78 is 4.69. The highest BCUT2D eigenvalue weighted by Gasteiger charge is 2.00. The van der Waals surface area contributed by atoms with Crippen LogP contribution in [0.2, 0.25) is 0 Å². The Morgan fingerprint density at radius 1 is 1.89 bits per heavy atom. The van der Waals surface area contributed by atoms with Gasteiger partial charge >= 0.3 is 0 Å². The number of hydrogen-bond acceptors (Lipinski definition) is 3. The number of azide groups is 1. The van der Waals surface area contributed by atoms with Crippen LogP contribution in [0.5, 0.6) is 0 Å². The van der Waals surface area contributed by atoms with Crippen molar-refractivity contribution < 1.29 is 9.84 Å². The highest BCUT2D eigenvalue weighted by atomic mass is 16.5. The molecular formula is C4H9N3O2. The predicted octanol–water partition coefficient (Wildman–Crippen LogP) is 0.304. The van der Waals surface area contributed by atoms with Crippen LogP contribution in [0.3, 0.4) is 0 Å². The zero-order valence-electron chi connectivity index (χ0n) is 5.19. The van der Waals surface area contributed by atoms with Crippen LogP contribution in [0.15, 0.2) is 5.11 Å². The number of methoxy groups -OCH3 is 1. The Balaban J connectivity index is 3.42. The average molecular weight is 131 g/mol. The topological polar surface area (TPSA) is 78.2 Å². The van der Waals surface area contributed by atoms with Crippen molar-refractivity contribution in [2.45, 2.75) is 6.10 Å². The summed E-state index contributed by atoms with van der Waals surface area (Å²) >= 11 is 0. The number of aliphatic hydroxyl groups is 1. The Morgan fingerprint density at radius 2 is 2.56 bits per heavy atom. The number of ether oxygens (including phenoxy) is 1. The molecule has 9 heavy (non-hydrogen) atoms. The maximum Gasteiger partial charge on any atom is 0.0858 e. The molecule has 5 nitrogen and oxygen atoms in total. The van der Waals surface area contributed by atoms with Gasteiger partial charge in [-0.25, -0.2) is 0 Å². The van der Waals surface area contributed by atoms with E-state index in [2.05, 4.69) is 14.8 Å². The molecule has 0 aromatic rings. The third-order valence-electron chi connectivity index (χ3n) is 0.885. The van der Waals surface area contributed by atoms with Gasteiger partial charge in [0.15, 0.2) is 0 Å². The van der Waals surface area contributed by atoms with Gasteiger partial charge in [-0.2, -0.15) is 0 Å². The predicted molar refractivity (Wildman–Crippen MR) is 31.9 cm³/mol. The molecule has 0 heterocycles. The van der Waals surface area contributed by atoms with Crippen LogP contribution in [0.4, 0.5) is 0 Å². The minimum atomic E-state index is -0.360. The van der Waals surface area contributed by atoms with E-state index in [1.165, 1.54) is 7.11 Å². The minimum Gasteiger partial charge on any atom is -0.394 e. The van der Waals surface area contributed by atoms with Crippen LogP contribution in [0, 0.1) is 0 Å². The maximum absolute atomic E-state index is 8.44. The van der Waals surface area contributed by atoms with Gasteiger partial charge in [-0.05, 0) is 5.53 Å². The number of hydrogen-bond donors (Lipinski definition) is 1. The molecule has 1 unspecified atom stereocenters. The van der Waals surface area contributed by atoms with E-state index < -0.39 is 0 Å². The number of rotatable bonds is 4. The van der Waals surface area contributed by atoms with Crippen LogP contribution < -0.4 is 0 Å². The first-order chi connectivity index (χ1) is 4.35. The lowest BCUT2D eigenvalue weighted by Gasteiger charge is -2.06. The van der Waals surface area contributed by atoms with Crippen molar-refractivity contribution >= 4 is 0 Å². The Hall–Kier alpha value is -0.770. The maximum atomic E-state index is 8.44. The largest absolute Gasteiger partial charge is 0.394 e. The molecule has 0 aliphatic carbocycles. The third-order valence-corrected chi connectivity index (χ3v) is 0.885. The Kier molecular flexibility index (Phi) is 4.91. The molecule has 0 radical (unpaired) electrons. The second kappa shape index (κ2) is 5.37. The zero-order valence-corrected chi connectivity index (χ0v) is 5.19. The fourth-order valence-electron chi connectivity index (χ4n) is 0.334. The van der Waals surface area contributed by atoms with Crippen LogP contribution in [0.25, 0.3) is 10.4 Å². The van der Waals surface area contributed by atoms with Crippen molar-refractivity contribution in [3.05, 3.63) is 10.4 Å². The van der Waals surface area contributed by atoms with Crippen molar-refractivity contribution in [1.29, 1.82) is 0 Å². The first-order valence-electron chi connectivity index (χ1n) is 2.49. The summed E-state index contributed by atoms with van der Waals surface area (Å²) in [6.45, 7) is 0.0685. The van der Waals surface area contributed by atoms with E-state index in [-0.39, 0.29) is 19.3 Å². The molecule has 5 heteroatoms. The smallest absolute Gasteiger partial charge is 0.0858 e. The normalized spacial score (nSPS) is 12.2. The van der Waals surface area contributed by atoms with Crippen molar-refractivity contribution in [3.8, 4) is 0 Å². The summed E-state index contributed by atoms with van der Waals surface area (Å²) in [6, 6.07) is 0. The molecule has 0 saturated carbocycles. The molecule has 0 rings (SSSR count). The first kappa shape index (κ1) is 8.23. The molecule has 0 spiro atoms. The lowest BCUT2D eigenvalue weighted by atomic mass is 10.4. The fraction of sp³-hybridized carbons (Fsp3) is 1.00. The summed E-state index contributed by atoms with van der Waals surface area (Å²) in [6.07, 6.45) is -0.360. The van der Waals surface area contributed by atoms with Crippen molar-refractivity contribution in [2.24, 2.45) is 5.11 Å². The molecule has 0 bridgehead atoms. The summed E-state index contributed by atoms with van der Waals surface area (Å²) in [4.78, 5) is 2.51. The Bertz CT molecular complexity index is 106. The molecule has 1 atom stereocenters. The van der Waals surface area contributed by atoms with Crippen LogP contribution in [0.1, 0.15) is 0 Å². The molecule has 0 amide bonds. The Morgan fingerprint density at radius 3 is 2.89 bits per heavy atom. The summed E-state index contributed by atoms with van der Waals surface area (Å²) in [5.41, 5.74) is 7.83. The van der Waals surface area contributed by atoms with Gasteiger partial charge in [0.25, 0.3) is 0 Å². The van der Waals surface area contributed by atoms with E-state index in [0.717, 1.165) is 0 Å². The van der Waals surface area contributed by atoms with E-state index >= 15 is 0 Å². The SMILES string of the molecule is COC(CO)CN=[N+]=[N-]. The van der Waals surface area contributed by atoms with Gasteiger partial charge in [-0.3, -0.25) is 0 Å². The van der Waals surface area contributed by atoms with E-state index in [1.54, 1.807) is 0 Å². The highest BCUT2D eigenvalue weighted by molar-refractivity contribution is 4.58. The lowest BCUT2D eigenvalue weighted by Crippen LogP contribution is -2.18. The quantitative estimate of drug-likeness (QED) is 0.338. The van der Waals surface area contributed by atoms with E-state index in [9.17, 15) is 0 Å². The zero-order chi connectivity index (χ0) is 7.11. The second-order valence-corrected chi connectivity index (χ2v) is 1.45. The fourth-order valence-corrected chi connectivity index (χ4v) is 0.334. The van der Waals surface area contributed by atoms with Crippen molar-refractivity contribution in [3.63, 3.8) is 0 Å². The van der Waals surface area contributed by atoms with E-state index in [0.29, 0.717) is 0 Å². The van der Waals surface area contributed by atoms with Gasteiger partial charge in [-0.15, -0.1) is 0 Å². The van der Waals surface area contributed by atoms with Gasteiger partial charge in [0.2, 0.25) is 0 Å². The molecule has 0 aliphatic rings. The molecule has 0 aromatic carbocycles. The van der Waals surface area contributed by atoms with Crippen LogP contribution >= 0.6 is 0 Å². The molecule has 0 fully saturated rings. The van der Waals surface area contributed by atoms with Crippen LogP contribution in [-0.2, 0) is 4.74 Å². The standard InChI is InChI=1S/C4H9N3O2/c1-9-4(3-8)2-6-7-5/h4,8H,2-3H2,1H3. The minimum absolute atomic E-state index is 0.116. The molecular weight excluding hydrogens is 122 g/mol. The lowest BCUT2D eigenvalue weighted by molar-refractivity contribution is 0.0554. The Labute approximate surface area is 52.9 Å². The summed E-state index contributed by atoms with van der Waals surface area (Å²) in [5, 5.41) is 11.7. The van der Waals surface area contributed by atoms with E-state index in [1.807, 2.05) is 0 Å². The van der Waals surface area contributed by atoms with Crippen molar-refractivity contribution in [2.75, 3.05) is 20.3 Å². The summed E-state index contributed by atoms with van der Waals surface area (Å²) in [7, 11) is 1.45. The molecule has 0 saturated heterocycles. The number of nitrogens with zero attached hydrogens (tertiary/aromatic N) is 3. The molecule has 0 aliphatic heterocycles. The second-order valence-electron chi connectivity index (χ2n) is 1.45.